The van der Waals surface area contributed by atoms with E-state index in [9.17, 15) is 4.79 Å². The fourth-order valence-electron chi connectivity index (χ4n) is 3.24. The number of aromatic nitrogens is 3. The van der Waals surface area contributed by atoms with E-state index in [1.54, 1.807) is 7.11 Å². The molecule has 0 bridgehead atoms. The van der Waals surface area contributed by atoms with Crippen molar-refractivity contribution in [1.82, 2.24) is 19.7 Å². The van der Waals surface area contributed by atoms with Crippen LogP contribution < -0.4 is 4.74 Å². The Morgan fingerprint density at radius 1 is 1.03 bits per heavy atom. The smallest absolute Gasteiger partial charge is 0.233 e. The third kappa shape index (κ3) is 5.21. The van der Waals surface area contributed by atoms with Crippen LogP contribution in [-0.2, 0) is 4.79 Å². The zero-order valence-corrected chi connectivity index (χ0v) is 18.6. The third-order valence-electron chi connectivity index (χ3n) is 4.64. The fourth-order valence-corrected chi connectivity index (χ4v) is 4.10. The van der Waals surface area contributed by atoms with Gasteiger partial charge in [-0.2, -0.15) is 0 Å². The van der Waals surface area contributed by atoms with Crippen molar-refractivity contribution in [1.29, 1.82) is 0 Å². The molecular formula is C23H28N4O2S. The molecule has 2 aromatic carbocycles. The van der Waals surface area contributed by atoms with Crippen molar-refractivity contribution < 1.29 is 9.53 Å². The summed E-state index contributed by atoms with van der Waals surface area (Å²) in [5, 5.41) is 9.55. The van der Waals surface area contributed by atoms with E-state index in [1.165, 1.54) is 11.8 Å². The number of thioether (sulfide) groups is 1. The Labute approximate surface area is 182 Å². The van der Waals surface area contributed by atoms with Crippen LogP contribution in [-0.4, -0.2) is 51.5 Å². The minimum atomic E-state index is 0.134. The molecule has 0 saturated heterocycles. The lowest BCUT2D eigenvalue weighted by molar-refractivity contribution is -0.128. The second kappa shape index (κ2) is 10.8. The van der Waals surface area contributed by atoms with E-state index in [-0.39, 0.29) is 5.91 Å². The Balaban J connectivity index is 1.91. The molecule has 0 aliphatic heterocycles. The molecule has 30 heavy (non-hydrogen) atoms. The molecule has 7 heteroatoms. The van der Waals surface area contributed by atoms with Gasteiger partial charge in [-0.1, -0.05) is 55.9 Å². The zero-order chi connectivity index (χ0) is 21.3. The van der Waals surface area contributed by atoms with Crippen LogP contribution in [0.15, 0.2) is 59.8 Å². The lowest BCUT2D eigenvalue weighted by atomic mass is 10.2. The highest BCUT2D eigenvalue weighted by molar-refractivity contribution is 7.99. The highest BCUT2D eigenvalue weighted by Crippen LogP contribution is 2.29. The molecule has 0 spiro atoms. The molecule has 0 atom stereocenters. The zero-order valence-electron chi connectivity index (χ0n) is 17.7. The van der Waals surface area contributed by atoms with Crippen LogP contribution in [0, 0.1) is 0 Å². The second-order valence-electron chi connectivity index (χ2n) is 6.88. The van der Waals surface area contributed by atoms with Crippen molar-refractivity contribution in [3.8, 4) is 22.8 Å². The van der Waals surface area contributed by atoms with Gasteiger partial charge in [0.05, 0.1) is 12.9 Å². The Morgan fingerprint density at radius 3 is 2.43 bits per heavy atom. The summed E-state index contributed by atoms with van der Waals surface area (Å²) >= 11 is 1.42. The summed E-state index contributed by atoms with van der Waals surface area (Å²) in [6.07, 6.45) is 1.91. The molecule has 3 rings (SSSR count). The highest BCUT2D eigenvalue weighted by Gasteiger charge is 2.19. The molecule has 0 fully saturated rings. The summed E-state index contributed by atoms with van der Waals surface area (Å²) in [4.78, 5) is 14.7. The van der Waals surface area contributed by atoms with Gasteiger partial charge in [0, 0.05) is 24.3 Å². The summed E-state index contributed by atoms with van der Waals surface area (Å²) in [6.45, 7) is 5.76. The molecule has 0 unspecified atom stereocenters. The number of hydrogen-bond donors (Lipinski definition) is 0. The van der Waals surface area contributed by atoms with Crippen molar-refractivity contribution in [3.05, 3.63) is 54.6 Å². The number of amides is 1. The Kier molecular flexibility index (Phi) is 7.90. The van der Waals surface area contributed by atoms with Crippen molar-refractivity contribution in [2.75, 3.05) is 26.0 Å². The molecule has 158 valence electrons. The maximum Gasteiger partial charge on any atom is 0.233 e. The lowest BCUT2D eigenvalue weighted by Crippen LogP contribution is -2.33. The standard InChI is InChI=1S/C23H28N4O2S/c1-4-14-26(15-5-2)21(28)17-30-23-25-24-22(18-10-9-13-20(16-18)29-3)27(23)19-11-7-6-8-12-19/h6-13,16H,4-5,14-15,17H2,1-3H3. The normalized spacial score (nSPS) is 10.8. The van der Waals surface area contributed by atoms with Crippen molar-refractivity contribution in [2.45, 2.75) is 31.8 Å². The fraction of sp³-hybridized carbons (Fsp3) is 0.348. The SMILES string of the molecule is CCCN(CCC)C(=O)CSc1nnc(-c2cccc(OC)c2)n1-c1ccccc1. The van der Waals surface area contributed by atoms with E-state index >= 15 is 0 Å². The minimum absolute atomic E-state index is 0.134. The first kappa shape index (κ1) is 21.9. The highest BCUT2D eigenvalue weighted by atomic mass is 32.2. The van der Waals surface area contributed by atoms with E-state index in [4.69, 9.17) is 4.74 Å². The van der Waals surface area contributed by atoms with Gasteiger partial charge >= 0.3 is 0 Å². The average molecular weight is 425 g/mol. The summed E-state index contributed by atoms with van der Waals surface area (Å²) < 4.78 is 7.36. The van der Waals surface area contributed by atoms with Gasteiger partial charge in [0.25, 0.3) is 0 Å². The van der Waals surface area contributed by atoms with Crippen LogP contribution in [0.2, 0.25) is 0 Å². The number of para-hydroxylation sites is 1. The predicted octanol–water partition coefficient (Wildman–Crippen LogP) is 4.68. The van der Waals surface area contributed by atoms with Crippen LogP contribution in [0.4, 0.5) is 0 Å². The number of methoxy groups -OCH3 is 1. The first-order chi connectivity index (χ1) is 14.7. The van der Waals surface area contributed by atoms with E-state index in [2.05, 4.69) is 24.0 Å². The molecule has 1 amide bonds. The van der Waals surface area contributed by atoms with E-state index in [0.29, 0.717) is 16.7 Å². The number of hydrogen-bond acceptors (Lipinski definition) is 5. The van der Waals surface area contributed by atoms with Gasteiger partial charge in [-0.3, -0.25) is 9.36 Å². The van der Waals surface area contributed by atoms with Gasteiger partial charge in [-0.25, -0.2) is 0 Å². The molecule has 6 nitrogen and oxygen atoms in total. The van der Waals surface area contributed by atoms with Crippen LogP contribution in [0.1, 0.15) is 26.7 Å². The van der Waals surface area contributed by atoms with Gasteiger partial charge in [0.15, 0.2) is 11.0 Å². The first-order valence-corrected chi connectivity index (χ1v) is 11.2. The van der Waals surface area contributed by atoms with Gasteiger partial charge in [-0.05, 0) is 37.1 Å². The third-order valence-corrected chi connectivity index (χ3v) is 5.55. The topological polar surface area (TPSA) is 60.3 Å². The largest absolute Gasteiger partial charge is 0.497 e. The van der Waals surface area contributed by atoms with E-state index in [1.807, 2.05) is 64.1 Å². The van der Waals surface area contributed by atoms with Crippen LogP contribution in [0.25, 0.3) is 17.1 Å². The molecule has 0 aliphatic carbocycles. The van der Waals surface area contributed by atoms with Gasteiger partial charge in [-0.15, -0.1) is 10.2 Å². The molecule has 0 radical (unpaired) electrons. The lowest BCUT2D eigenvalue weighted by Gasteiger charge is -2.21. The van der Waals surface area contributed by atoms with Crippen molar-refractivity contribution >= 4 is 17.7 Å². The molecule has 3 aromatic rings. The number of ether oxygens (including phenoxy) is 1. The van der Waals surface area contributed by atoms with Crippen LogP contribution in [0.3, 0.4) is 0 Å². The maximum atomic E-state index is 12.7. The summed E-state index contributed by atoms with van der Waals surface area (Å²) in [5.41, 5.74) is 1.86. The monoisotopic (exact) mass is 424 g/mol. The predicted molar refractivity (Wildman–Crippen MR) is 121 cm³/mol. The maximum absolute atomic E-state index is 12.7. The van der Waals surface area contributed by atoms with Crippen molar-refractivity contribution in [2.24, 2.45) is 0 Å². The van der Waals surface area contributed by atoms with Gasteiger partial charge < -0.3 is 9.64 Å². The molecular weight excluding hydrogens is 396 g/mol. The Hall–Kier alpha value is -2.80. The molecule has 1 heterocycles. The average Bonchev–Trinajstić information content (AvgIpc) is 3.22. The first-order valence-electron chi connectivity index (χ1n) is 10.2. The number of carbonyl (C=O) groups excluding carboxylic acids is 1. The number of nitrogens with zero attached hydrogens (tertiary/aromatic N) is 4. The summed E-state index contributed by atoms with van der Waals surface area (Å²) in [5.74, 6) is 1.95. The van der Waals surface area contributed by atoms with Crippen LogP contribution in [0.5, 0.6) is 5.75 Å². The summed E-state index contributed by atoms with van der Waals surface area (Å²) in [6, 6.07) is 17.7. The molecule has 0 aliphatic rings. The second-order valence-corrected chi connectivity index (χ2v) is 7.82. The van der Waals surface area contributed by atoms with E-state index < -0.39 is 0 Å². The number of rotatable bonds is 10. The number of benzene rings is 2. The molecule has 0 saturated carbocycles. The Morgan fingerprint density at radius 2 is 1.77 bits per heavy atom. The summed E-state index contributed by atoms with van der Waals surface area (Å²) in [7, 11) is 1.65. The number of carbonyl (C=O) groups is 1. The van der Waals surface area contributed by atoms with Crippen LogP contribution >= 0.6 is 11.8 Å². The van der Waals surface area contributed by atoms with Gasteiger partial charge in [0.1, 0.15) is 5.75 Å². The molecule has 0 N–H and O–H groups in total. The van der Waals surface area contributed by atoms with Gasteiger partial charge in [0.2, 0.25) is 5.91 Å². The Bertz CT molecular complexity index is 953. The quantitative estimate of drug-likeness (QED) is 0.442. The minimum Gasteiger partial charge on any atom is -0.497 e. The molecule has 1 aromatic heterocycles. The van der Waals surface area contributed by atoms with Crippen molar-refractivity contribution in [3.63, 3.8) is 0 Å². The van der Waals surface area contributed by atoms with E-state index in [0.717, 1.165) is 42.9 Å².